The SMILES string of the molecule is Cc1cc(C(C)C)c(N=CCc2cnccn2)c(C(C)C)c1.[Ni]. The fourth-order valence-corrected chi connectivity index (χ4v) is 2.53. The maximum atomic E-state index is 4.79. The van der Waals surface area contributed by atoms with E-state index in [1.165, 1.54) is 16.7 Å². The third-order valence-corrected chi connectivity index (χ3v) is 3.69. The minimum atomic E-state index is 0. The zero-order valence-electron chi connectivity index (χ0n) is 14.5. The minimum absolute atomic E-state index is 0. The molecule has 0 aliphatic carbocycles. The van der Waals surface area contributed by atoms with Gasteiger partial charge in [-0.2, -0.15) is 0 Å². The van der Waals surface area contributed by atoms with Crippen molar-refractivity contribution in [1.29, 1.82) is 0 Å². The van der Waals surface area contributed by atoms with Gasteiger partial charge in [0.1, 0.15) is 0 Å². The fourth-order valence-electron chi connectivity index (χ4n) is 2.53. The average molecular weight is 354 g/mol. The van der Waals surface area contributed by atoms with E-state index in [0.29, 0.717) is 18.3 Å². The first kappa shape index (κ1) is 19.5. The molecule has 1 aromatic carbocycles. The summed E-state index contributed by atoms with van der Waals surface area (Å²) >= 11 is 0. The van der Waals surface area contributed by atoms with Crippen LogP contribution >= 0.6 is 0 Å². The van der Waals surface area contributed by atoms with E-state index in [-0.39, 0.29) is 16.5 Å². The molecular formula is C19H25N3Ni. The normalized spacial score (nSPS) is 11.3. The third kappa shape index (κ3) is 5.25. The van der Waals surface area contributed by atoms with Crippen LogP contribution in [0.5, 0.6) is 0 Å². The molecule has 1 heterocycles. The van der Waals surface area contributed by atoms with Crippen molar-refractivity contribution in [1.82, 2.24) is 9.97 Å². The molecule has 0 spiro atoms. The molecule has 0 bridgehead atoms. The Balaban J connectivity index is 0.00000264. The topological polar surface area (TPSA) is 38.1 Å². The Labute approximate surface area is 149 Å². The second-order valence-corrected chi connectivity index (χ2v) is 6.31. The Morgan fingerprint density at radius 1 is 1.04 bits per heavy atom. The van der Waals surface area contributed by atoms with Crippen LogP contribution in [0.2, 0.25) is 0 Å². The number of rotatable bonds is 5. The molecule has 0 radical (unpaired) electrons. The van der Waals surface area contributed by atoms with Crippen LogP contribution in [-0.4, -0.2) is 16.2 Å². The monoisotopic (exact) mass is 353 g/mol. The van der Waals surface area contributed by atoms with Gasteiger partial charge in [-0.15, -0.1) is 0 Å². The van der Waals surface area contributed by atoms with Crippen LogP contribution < -0.4 is 0 Å². The molecule has 0 fully saturated rings. The van der Waals surface area contributed by atoms with Crippen molar-refractivity contribution in [2.75, 3.05) is 0 Å². The van der Waals surface area contributed by atoms with Crippen molar-refractivity contribution in [3.05, 3.63) is 53.1 Å². The summed E-state index contributed by atoms with van der Waals surface area (Å²) in [6.07, 6.45) is 7.85. The largest absolute Gasteiger partial charge is 0.261 e. The molecule has 4 heteroatoms. The number of hydrogen-bond donors (Lipinski definition) is 0. The molecule has 0 N–H and O–H groups in total. The van der Waals surface area contributed by atoms with Crippen LogP contribution in [0.4, 0.5) is 5.69 Å². The van der Waals surface area contributed by atoms with Crippen LogP contribution in [0, 0.1) is 6.92 Å². The Kier molecular flexibility index (Phi) is 7.58. The van der Waals surface area contributed by atoms with E-state index in [4.69, 9.17) is 4.99 Å². The molecule has 0 saturated carbocycles. The van der Waals surface area contributed by atoms with E-state index in [9.17, 15) is 0 Å². The van der Waals surface area contributed by atoms with Crippen molar-refractivity contribution < 1.29 is 16.5 Å². The van der Waals surface area contributed by atoms with E-state index < -0.39 is 0 Å². The van der Waals surface area contributed by atoms with Crippen LogP contribution in [0.3, 0.4) is 0 Å². The number of nitrogens with zero attached hydrogens (tertiary/aromatic N) is 3. The minimum Gasteiger partial charge on any atom is -0.261 e. The summed E-state index contributed by atoms with van der Waals surface area (Å²) in [7, 11) is 0. The Morgan fingerprint density at radius 3 is 2.13 bits per heavy atom. The van der Waals surface area contributed by atoms with E-state index in [1.807, 2.05) is 6.21 Å². The van der Waals surface area contributed by atoms with Gasteiger partial charge in [0.05, 0.1) is 11.4 Å². The predicted molar refractivity (Wildman–Crippen MR) is 93.2 cm³/mol. The quantitative estimate of drug-likeness (QED) is 0.561. The second-order valence-electron chi connectivity index (χ2n) is 6.31. The van der Waals surface area contributed by atoms with Crippen LogP contribution in [-0.2, 0) is 22.9 Å². The number of aliphatic imine (C=N–C) groups is 1. The van der Waals surface area contributed by atoms with E-state index >= 15 is 0 Å². The summed E-state index contributed by atoms with van der Waals surface area (Å²) in [6.45, 7) is 11.0. The standard InChI is InChI=1S/C19H25N3.Ni/c1-13(2)17-10-15(5)11-18(14(3)4)19(17)22-7-6-16-12-20-8-9-21-16;/h7-14H,6H2,1-5H3;. The zero-order valence-corrected chi connectivity index (χ0v) is 15.5. The molecule has 0 atom stereocenters. The van der Waals surface area contributed by atoms with Gasteiger partial charge in [0.15, 0.2) is 0 Å². The van der Waals surface area contributed by atoms with Crippen LogP contribution in [0.1, 0.15) is 61.9 Å². The van der Waals surface area contributed by atoms with Crippen LogP contribution in [0.15, 0.2) is 35.7 Å². The zero-order chi connectivity index (χ0) is 16.1. The summed E-state index contributed by atoms with van der Waals surface area (Å²) < 4.78 is 0. The molecule has 0 aliphatic heterocycles. The van der Waals surface area contributed by atoms with E-state index in [2.05, 4.69) is 56.7 Å². The van der Waals surface area contributed by atoms with Gasteiger partial charge in [-0.05, 0) is 29.9 Å². The van der Waals surface area contributed by atoms with Gasteiger partial charge in [0.25, 0.3) is 0 Å². The molecule has 0 saturated heterocycles. The Morgan fingerprint density at radius 2 is 1.65 bits per heavy atom. The summed E-state index contributed by atoms with van der Waals surface area (Å²) in [5.74, 6) is 0.919. The van der Waals surface area contributed by atoms with Gasteiger partial charge >= 0.3 is 0 Å². The van der Waals surface area contributed by atoms with Crippen molar-refractivity contribution in [2.45, 2.75) is 52.9 Å². The Hall–Kier alpha value is -1.54. The van der Waals surface area contributed by atoms with Crippen molar-refractivity contribution in [3.8, 4) is 0 Å². The van der Waals surface area contributed by atoms with Gasteiger partial charge in [-0.25, -0.2) is 0 Å². The number of benzene rings is 1. The van der Waals surface area contributed by atoms with Gasteiger partial charge in [-0.3, -0.25) is 15.0 Å². The average Bonchev–Trinajstić information content (AvgIpc) is 2.48. The summed E-state index contributed by atoms with van der Waals surface area (Å²) in [6, 6.07) is 4.51. The first-order chi connectivity index (χ1) is 10.5. The number of aromatic nitrogens is 2. The van der Waals surface area contributed by atoms with Crippen molar-refractivity contribution in [2.24, 2.45) is 4.99 Å². The molecule has 126 valence electrons. The van der Waals surface area contributed by atoms with Gasteiger partial charge in [0.2, 0.25) is 0 Å². The molecular weight excluding hydrogens is 329 g/mol. The number of aryl methyl sites for hydroxylation is 1. The molecule has 0 amide bonds. The fraction of sp³-hybridized carbons (Fsp3) is 0.421. The summed E-state index contributed by atoms with van der Waals surface area (Å²) in [5.41, 5.74) is 6.01. The Bertz CT molecular complexity index is 620. The van der Waals surface area contributed by atoms with Crippen LogP contribution in [0.25, 0.3) is 0 Å². The maximum Gasteiger partial charge on any atom is 0.0695 e. The predicted octanol–water partition coefficient (Wildman–Crippen LogP) is 4.97. The molecule has 3 nitrogen and oxygen atoms in total. The first-order valence-electron chi connectivity index (χ1n) is 7.91. The van der Waals surface area contributed by atoms with Crippen molar-refractivity contribution >= 4 is 11.9 Å². The van der Waals surface area contributed by atoms with Gasteiger partial charge < -0.3 is 0 Å². The molecule has 0 unspecified atom stereocenters. The summed E-state index contributed by atoms with van der Waals surface area (Å²) in [4.78, 5) is 13.2. The molecule has 23 heavy (non-hydrogen) atoms. The van der Waals surface area contributed by atoms with E-state index in [1.54, 1.807) is 18.6 Å². The summed E-state index contributed by atoms with van der Waals surface area (Å²) in [5, 5.41) is 0. The smallest absolute Gasteiger partial charge is 0.0695 e. The number of hydrogen-bond acceptors (Lipinski definition) is 3. The molecule has 0 aliphatic rings. The molecule has 2 aromatic rings. The second kappa shape index (κ2) is 8.93. The first-order valence-corrected chi connectivity index (χ1v) is 7.91. The molecule has 2 rings (SSSR count). The van der Waals surface area contributed by atoms with Gasteiger partial charge in [0, 0.05) is 47.7 Å². The third-order valence-electron chi connectivity index (χ3n) is 3.69. The van der Waals surface area contributed by atoms with Crippen molar-refractivity contribution in [3.63, 3.8) is 0 Å². The maximum absolute atomic E-state index is 4.79. The van der Waals surface area contributed by atoms with Gasteiger partial charge in [-0.1, -0.05) is 45.4 Å². The molecule has 1 aromatic heterocycles. The van der Waals surface area contributed by atoms with E-state index in [0.717, 1.165) is 11.4 Å².